The number of ketones is 1. The van der Waals surface area contributed by atoms with E-state index in [0.717, 1.165) is 10.2 Å². The van der Waals surface area contributed by atoms with Crippen molar-refractivity contribution < 1.29 is 9.90 Å². The highest BCUT2D eigenvalue weighted by atomic mass is 79.9. The van der Waals surface area contributed by atoms with Crippen LogP contribution >= 0.6 is 38.6 Å². The molecule has 2 rings (SSSR count). The number of carbonyl (C=O) groups excluding carboxylic acids is 1. The average molecular weight is 401 g/mol. The van der Waals surface area contributed by atoms with E-state index in [1.165, 1.54) is 14.6 Å². The molecule has 0 fully saturated rings. The number of rotatable bonds is 6. The molecule has 0 aliphatic rings. The van der Waals surface area contributed by atoms with Crippen LogP contribution in [-0.2, 0) is 11.2 Å². The lowest BCUT2D eigenvalue weighted by atomic mass is 9.69. The molecule has 5 heteroatoms. The van der Waals surface area contributed by atoms with E-state index >= 15 is 0 Å². The molecule has 22 heavy (non-hydrogen) atoms. The van der Waals surface area contributed by atoms with Crippen LogP contribution in [0, 0.1) is 5.41 Å². The first-order valence-electron chi connectivity index (χ1n) is 7.21. The molecule has 2 heterocycles. The number of thiophene rings is 2. The standard InChI is InChI=1S/C17H21BrO2S2/c1-11(19)17(4,16(2,3)20)10-9-12-5-6-13(21-12)14-7-8-15(18)22-14/h5-8,20H,9-10H2,1-4H3. The summed E-state index contributed by atoms with van der Waals surface area (Å²) in [5.74, 6) is 0.0407. The summed E-state index contributed by atoms with van der Waals surface area (Å²) in [6.45, 7) is 6.87. The molecule has 0 aliphatic carbocycles. The molecule has 0 saturated heterocycles. The first-order valence-corrected chi connectivity index (χ1v) is 9.64. The molecule has 1 unspecified atom stereocenters. The second-order valence-corrected chi connectivity index (χ2v) is 9.95. The molecule has 0 amide bonds. The second-order valence-electron chi connectivity index (χ2n) is 6.32. The van der Waals surface area contributed by atoms with Crippen molar-refractivity contribution in [1.29, 1.82) is 0 Å². The lowest BCUT2D eigenvalue weighted by Gasteiger charge is -2.38. The molecule has 0 radical (unpaired) electrons. The predicted molar refractivity (Wildman–Crippen MR) is 98.7 cm³/mol. The molecule has 0 bridgehead atoms. The third-order valence-electron chi connectivity index (χ3n) is 4.48. The number of aryl methyl sites for hydroxylation is 1. The maximum Gasteiger partial charge on any atom is 0.138 e. The Morgan fingerprint density at radius 2 is 1.73 bits per heavy atom. The molecule has 2 aromatic heterocycles. The molecule has 1 N–H and O–H groups in total. The number of halogens is 1. The second kappa shape index (κ2) is 6.56. The first-order chi connectivity index (χ1) is 10.1. The summed E-state index contributed by atoms with van der Waals surface area (Å²) >= 11 is 6.97. The van der Waals surface area contributed by atoms with Gasteiger partial charge in [-0.3, -0.25) is 4.79 Å². The van der Waals surface area contributed by atoms with E-state index in [1.807, 2.05) is 6.92 Å². The minimum atomic E-state index is -1.02. The lowest BCUT2D eigenvalue weighted by molar-refractivity contribution is -0.140. The van der Waals surface area contributed by atoms with Gasteiger partial charge < -0.3 is 5.11 Å². The monoisotopic (exact) mass is 400 g/mol. The van der Waals surface area contributed by atoms with Gasteiger partial charge in [-0.2, -0.15) is 0 Å². The Balaban J connectivity index is 2.12. The van der Waals surface area contributed by atoms with Crippen molar-refractivity contribution in [2.75, 3.05) is 0 Å². The van der Waals surface area contributed by atoms with Gasteiger partial charge >= 0.3 is 0 Å². The first kappa shape index (κ1) is 17.9. The van der Waals surface area contributed by atoms with Gasteiger partial charge in [-0.25, -0.2) is 0 Å². The van der Waals surface area contributed by atoms with Gasteiger partial charge in [0.15, 0.2) is 0 Å². The quantitative estimate of drug-likeness (QED) is 0.690. The number of Topliss-reactive ketones (excluding diaryl/α,β-unsaturated/α-hetero) is 1. The maximum atomic E-state index is 12.0. The van der Waals surface area contributed by atoms with E-state index in [4.69, 9.17) is 0 Å². The van der Waals surface area contributed by atoms with Crippen LogP contribution in [-0.4, -0.2) is 16.5 Å². The van der Waals surface area contributed by atoms with Gasteiger partial charge in [0.1, 0.15) is 5.78 Å². The Labute approximate surface area is 148 Å². The van der Waals surface area contributed by atoms with E-state index in [9.17, 15) is 9.90 Å². The summed E-state index contributed by atoms with van der Waals surface area (Å²) in [6.07, 6.45) is 1.46. The highest BCUT2D eigenvalue weighted by molar-refractivity contribution is 9.11. The van der Waals surface area contributed by atoms with E-state index in [1.54, 1.807) is 43.4 Å². The number of hydrogen-bond acceptors (Lipinski definition) is 4. The van der Waals surface area contributed by atoms with Crippen LogP contribution in [0.15, 0.2) is 28.1 Å². The van der Waals surface area contributed by atoms with Crippen LogP contribution in [0.25, 0.3) is 9.75 Å². The maximum absolute atomic E-state index is 12.0. The van der Waals surface area contributed by atoms with E-state index in [0.29, 0.717) is 6.42 Å². The van der Waals surface area contributed by atoms with E-state index in [-0.39, 0.29) is 5.78 Å². The number of hydrogen-bond donors (Lipinski definition) is 1. The van der Waals surface area contributed by atoms with Gasteiger partial charge in [0.05, 0.1) is 14.8 Å². The van der Waals surface area contributed by atoms with Crippen LogP contribution in [0.3, 0.4) is 0 Å². The van der Waals surface area contributed by atoms with E-state index in [2.05, 4.69) is 40.2 Å². The molecular formula is C17H21BrO2S2. The molecule has 2 aromatic rings. The highest BCUT2D eigenvalue weighted by Gasteiger charge is 2.43. The van der Waals surface area contributed by atoms with Gasteiger partial charge in [-0.15, -0.1) is 22.7 Å². The zero-order valence-corrected chi connectivity index (χ0v) is 16.5. The smallest absolute Gasteiger partial charge is 0.138 e. The third kappa shape index (κ3) is 3.70. The van der Waals surface area contributed by atoms with Crippen molar-refractivity contribution in [1.82, 2.24) is 0 Å². The summed E-state index contributed by atoms with van der Waals surface area (Å²) in [4.78, 5) is 15.7. The minimum absolute atomic E-state index is 0.0407. The Morgan fingerprint density at radius 3 is 2.23 bits per heavy atom. The summed E-state index contributed by atoms with van der Waals surface area (Å²) in [7, 11) is 0. The Hall–Kier alpha value is -0.490. The molecule has 1 atom stereocenters. The molecule has 0 aromatic carbocycles. The van der Waals surface area contributed by atoms with Crippen LogP contribution < -0.4 is 0 Å². The van der Waals surface area contributed by atoms with Crippen molar-refractivity contribution in [3.8, 4) is 9.75 Å². The Kier molecular flexibility index (Phi) is 5.32. The molecular weight excluding hydrogens is 380 g/mol. The molecule has 0 saturated carbocycles. The van der Waals surface area contributed by atoms with Gasteiger partial charge in [0, 0.05) is 14.6 Å². The van der Waals surface area contributed by atoms with Gasteiger partial charge in [0.2, 0.25) is 0 Å². The van der Waals surface area contributed by atoms with Gasteiger partial charge in [-0.1, -0.05) is 0 Å². The molecule has 120 valence electrons. The largest absolute Gasteiger partial charge is 0.389 e. The zero-order valence-electron chi connectivity index (χ0n) is 13.3. The van der Waals surface area contributed by atoms with Crippen molar-refractivity contribution in [2.45, 2.75) is 46.1 Å². The Bertz CT molecular complexity index is 666. The molecule has 0 spiro atoms. The minimum Gasteiger partial charge on any atom is -0.389 e. The predicted octanol–water partition coefficient (Wildman–Crippen LogP) is 5.54. The van der Waals surface area contributed by atoms with Crippen molar-refractivity contribution in [2.24, 2.45) is 5.41 Å². The summed E-state index contributed by atoms with van der Waals surface area (Å²) in [6, 6.07) is 8.42. The van der Waals surface area contributed by atoms with Crippen molar-refractivity contribution in [3.63, 3.8) is 0 Å². The Morgan fingerprint density at radius 1 is 1.14 bits per heavy atom. The fourth-order valence-electron chi connectivity index (χ4n) is 2.38. The number of carbonyl (C=O) groups is 1. The molecule has 0 aliphatic heterocycles. The summed E-state index contributed by atoms with van der Waals surface area (Å²) in [5, 5.41) is 10.4. The van der Waals surface area contributed by atoms with Gasteiger partial charge in [-0.05, 0) is 80.7 Å². The zero-order chi connectivity index (χ0) is 16.5. The molecule has 2 nitrogen and oxygen atoms in total. The SMILES string of the molecule is CC(=O)C(C)(CCc1ccc(-c2ccc(Br)s2)s1)C(C)(C)O. The summed E-state index contributed by atoms with van der Waals surface area (Å²) in [5.41, 5.74) is -1.74. The van der Waals surface area contributed by atoms with Crippen molar-refractivity contribution >= 4 is 44.4 Å². The average Bonchev–Trinajstić information content (AvgIpc) is 3.02. The fourth-order valence-corrected chi connectivity index (χ4v) is 4.86. The third-order valence-corrected chi connectivity index (χ3v) is 7.44. The lowest BCUT2D eigenvalue weighted by Crippen LogP contribution is -2.46. The summed E-state index contributed by atoms with van der Waals surface area (Å²) < 4.78 is 1.13. The van der Waals surface area contributed by atoms with Crippen LogP contribution in [0.2, 0.25) is 0 Å². The highest BCUT2D eigenvalue weighted by Crippen LogP contribution is 2.39. The topological polar surface area (TPSA) is 37.3 Å². The van der Waals surface area contributed by atoms with Crippen molar-refractivity contribution in [3.05, 3.63) is 32.9 Å². The number of aliphatic hydroxyl groups is 1. The fraction of sp³-hybridized carbons (Fsp3) is 0.471. The van der Waals surface area contributed by atoms with Crippen LogP contribution in [0.1, 0.15) is 39.0 Å². The normalized spacial score (nSPS) is 14.8. The van der Waals surface area contributed by atoms with Gasteiger partial charge in [0.25, 0.3) is 0 Å². The van der Waals surface area contributed by atoms with E-state index < -0.39 is 11.0 Å². The van der Waals surface area contributed by atoms with Crippen LogP contribution in [0.5, 0.6) is 0 Å². The van der Waals surface area contributed by atoms with Crippen LogP contribution in [0.4, 0.5) is 0 Å².